The number of hydrogen-bond acceptors (Lipinski definition) is 4. The summed E-state index contributed by atoms with van der Waals surface area (Å²) in [7, 11) is 0. The van der Waals surface area contributed by atoms with E-state index in [1.54, 1.807) is 18.1 Å². The summed E-state index contributed by atoms with van der Waals surface area (Å²) in [6, 6.07) is 8.34. The van der Waals surface area contributed by atoms with E-state index < -0.39 is 6.10 Å². The van der Waals surface area contributed by atoms with Crippen LogP contribution in [0, 0.1) is 0 Å². The molecule has 2 aromatic rings. The van der Waals surface area contributed by atoms with Crippen molar-refractivity contribution in [2.45, 2.75) is 37.3 Å². The van der Waals surface area contributed by atoms with E-state index in [0.717, 1.165) is 15.2 Å². The predicted octanol–water partition coefficient (Wildman–Crippen LogP) is 3.32. The topological polar surface area (TPSA) is 50.9 Å². The molecule has 0 fully saturated rings. The van der Waals surface area contributed by atoms with E-state index in [-0.39, 0.29) is 6.04 Å². The Morgan fingerprint density at radius 3 is 2.90 bits per heavy atom. The Kier molecular flexibility index (Phi) is 5.63. The summed E-state index contributed by atoms with van der Waals surface area (Å²) < 4.78 is 2.91. The molecule has 0 aliphatic carbocycles. The van der Waals surface area contributed by atoms with Crippen LogP contribution in [0.3, 0.4) is 0 Å². The van der Waals surface area contributed by atoms with E-state index in [9.17, 15) is 5.11 Å². The van der Waals surface area contributed by atoms with Crippen molar-refractivity contribution in [1.29, 1.82) is 0 Å². The third-order valence-electron chi connectivity index (χ3n) is 2.79. The lowest BCUT2D eigenvalue weighted by atomic mass is 10.2. The van der Waals surface area contributed by atoms with Crippen molar-refractivity contribution >= 4 is 27.7 Å². The molecule has 1 atom stereocenters. The number of rotatable bonds is 6. The van der Waals surface area contributed by atoms with Gasteiger partial charge in [0.05, 0.1) is 6.10 Å². The molecule has 1 heterocycles. The lowest BCUT2D eigenvalue weighted by Gasteiger charge is -2.13. The third kappa shape index (κ3) is 4.33. The van der Waals surface area contributed by atoms with Gasteiger partial charge >= 0.3 is 0 Å². The molecule has 0 radical (unpaired) electrons. The molecule has 20 heavy (non-hydrogen) atoms. The van der Waals surface area contributed by atoms with Crippen LogP contribution in [0.4, 0.5) is 0 Å². The first-order valence-electron chi connectivity index (χ1n) is 6.51. The number of aromatic nitrogens is 3. The number of aliphatic hydroxyl groups is 1. The van der Waals surface area contributed by atoms with Crippen LogP contribution >= 0.6 is 27.7 Å². The fourth-order valence-corrected chi connectivity index (χ4v) is 3.31. The Bertz CT molecular complexity index is 559. The van der Waals surface area contributed by atoms with Gasteiger partial charge in [-0.05, 0) is 32.0 Å². The van der Waals surface area contributed by atoms with Gasteiger partial charge in [0.15, 0.2) is 0 Å². The summed E-state index contributed by atoms with van der Waals surface area (Å²) in [6.07, 6.45) is 1.64. The first-order chi connectivity index (χ1) is 9.56. The molecule has 4 nitrogen and oxygen atoms in total. The van der Waals surface area contributed by atoms with E-state index in [4.69, 9.17) is 0 Å². The molecule has 0 amide bonds. The van der Waals surface area contributed by atoms with Crippen LogP contribution in [0.2, 0.25) is 0 Å². The molecule has 0 spiro atoms. The van der Waals surface area contributed by atoms with Crippen molar-refractivity contribution in [1.82, 2.24) is 14.8 Å². The van der Waals surface area contributed by atoms with Crippen LogP contribution in [0.15, 0.2) is 40.0 Å². The van der Waals surface area contributed by atoms with Gasteiger partial charge < -0.3 is 5.11 Å². The summed E-state index contributed by atoms with van der Waals surface area (Å²) in [6.45, 7) is 4.11. The summed E-state index contributed by atoms with van der Waals surface area (Å²) in [5.41, 5.74) is 0. The zero-order chi connectivity index (χ0) is 14.5. The number of benzene rings is 1. The smallest absolute Gasteiger partial charge is 0.138 e. The van der Waals surface area contributed by atoms with Crippen molar-refractivity contribution in [2.24, 2.45) is 0 Å². The third-order valence-corrected chi connectivity index (χ3v) is 4.43. The second-order valence-electron chi connectivity index (χ2n) is 4.84. The maximum Gasteiger partial charge on any atom is 0.138 e. The van der Waals surface area contributed by atoms with Gasteiger partial charge in [0.1, 0.15) is 12.2 Å². The van der Waals surface area contributed by atoms with Gasteiger partial charge in [0.2, 0.25) is 0 Å². The molecule has 0 saturated carbocycles. The first-order valence-corrected chi connectivity index (χ1v) is 8.29. The minimum atomic E-state index is -0.430. The minimum absolute atomic E-state index is 0.262. The maximum absolute atomic E-state index is 10.1. The highest BCUT2D eigenvalue weighted by atomic mass is 79.9. The normalized spacial score (nSPS) is 12.8. The molecule has 2 rings (SSSR count). The molecular formula is C14H18BrN3OS. The van der Waals surface area contributed by atoms with Crippen molar-refractivity contribution in [3.8, 4) is 0 Å². The molecule has 108 valence electrons. The van der Waals surface area contributed by atoms with Crippen LogP contribution in [0.1, 0.15) is 25.7 Å². The minimum Gasteiger partial charge on any atom is -0.392 e. The molecule has 1 aromatic carbocycles. The number of nitrogens with zero attached hydrogens (tertiary/aromatic N) is 3. The molecule has 0 aliphatic heterocycles. The zero-order valence-corrected chi connectivity index (χ0v) is 13.9. The van der Waals surface area contributed by atoms with Crippen LogP contribution in [0.5, 0.6) is 0 Å². The first kappa shape index (κ1) is 15.5. The monoisotopic (exact) mass is 355 g/mol. The van der Waals surface area contributed by atoms with Gasteiger partial charge in [-0.1, -0.05) is 22.0 Å². The van der Waals surface area contributed by atoms with Crippen molar-refractivity contribution in [3.63, 3.8) is 0 Å². The second-order valence-corrected chi connectivity index (χ2v) is 6.85. The van der Waals surface area contributed by atoms with Crippen LogP contribution in [-0.4, -0.2) is 31.7 Å². The average Bonchev–Trinajstić information content (AvgIpc) is 2.85. The molecule has 0 bridgehead atoms. The molecule has 0 saturated heterocycles. The summed E-state index contributed by atoms with van der Waals surface area (Å²) in [5.74, 6) is 1.48. The molecule has 1 N–H and O–H groups in total. The fourth-order valence-electron chi connectivity index (χ4n) is 1.87. The van der Waals surface area contributed by atoms with Crippen molar-refractivity contribution in [2.75, 3.05) is 5.75 Å². The Balaban J connectivity index is 1.89. The predicted molar refractivity (Wildman–Crippen MR) is 85.0 cm³/mol. The molecule has 1 unspecified atom stereocenters. The van der Waals surface area contributed by atoms with E-state index in [0.29, 0.717) is 12.2 Å². The van der Waals surface area contributed by atoms with Crippen molar-refractivity contribution in [3.05, 3.63) is 40.9 Å². The number of halogens is 1. The lowest BCUT2D eigenvalue weighted by Crippen LogP contribution is -2.18. The molecule has 1 aromatic heterocycles. The van der Waals surface area contributed by atoms with Gasteiger partial charge in [-0.15, -0.1) is 11.8 Å². The highest BCUT2D eigenvalue weighted by molar-refractivity contribution is 9.10. The standard InChI is InChI=1S/C14H18BrN3OS/c1-10(2)18-14(16-9-17-18)7-12(19)8-20-13-5-3-4-11(15)6-13/h3-6,9-10,12,19H,7-8H2,1-2H3. The van der Waals surface area contributed by atoms with Gasteiger partial charge in [-0.3, -0.25) is 0 Å². The Labute approximate surface area is 131 Å². The van der Waals surface area contributed by atoms with E-state index in [1.165, 1.54) is 0 Å². The van der Waals surface area contributed by atoms with Gasteiger partial charge in [0.25, 0.3) is 0 Å². The fraction of sp³-hybridized carbons (Fsp3) is 0.429. The Morgan fingerprint density at radius 2 is 2.20 bits per heavy atom. The molecular weight excluding hydrogens is 338 g/mol. The summed E-state index contributed by atoms with van der Waals surface area (Å²) >= 11 is 5.09. The summed E-state index contributed by atoms with van der Waals surface area (Å²) in [5, 5.41) is 14.3. The van der Waals surface area contributed by atoms with E-state index in [2.05, 4.69) is 39.9 Å². The quantitative estimate of drug-likeness (QED) is 0.807. The van der Waals surface area contributed by atoms with Gasteiger partial charge in [-0.2, -0.15) is 5.10 Å². The largest absolute Gasteiger partial charge is 0.392 e. The van der Waals surface area contributed by atoms with Gasteiger partial charge in [0, 0.05) is 27.6 Å². The lowest BCUT2D eigenvalue weighted by molar-refractivity contribution is 0.195. The molecule has 0 aliphatic rings. The second kappa shape index (κ2) is 7.24. The highest BCUT2D eigenvalue weighted by Gasteiger charge is 2.13. The van der Waals surface area contributed by atoms with E-state index >= 15 is 0 Å². The highest BCUT2D eigenvalue weighted by Crippen LogP contribution is 2.23. The average molecular weight is 356 g/mol. The molecule has 6 heteroatoms. The Morgan fingerprint density at radius 1 is 1.40 bits per heavy atom. The van der Waals surface area contributed by atoms with Crippen molar-refractivity contribution < 1.29 is 5.11 Å². The zero-order valence-electron chi connectivity index (χ0n) is 11.5. The van der Waals surface area contributed by atoms with Crippen LogP contribution < -0.4 is 0 Å². The maximum atomic E-state index is 10.1. The number of hydrogen-bond donors (Lipinski definition) is 1. The van der Waals surface area contributed by atoms with Crippen LogP contribution in [-0.2, 0) is 6.42 Å². The Hall–Kier alpha value is -0.850. The number of aliphatic hydroxyl groups excluding tert-OH is 1. The number of thioether (sulfide) groups is 1. The summed E-state index contributed by atoms with van der Waals surface area (Å²) in [4.78, 5) is 5.36. The van der Waals surface area contributed by atoms with Gasteiger partial charge in [-0.25, -0.2) is 9.67 Å². The van der Waals surface area contributed by atoms with Crippen LogP contribution in [0.25, 0.3) is 0 Å². The SMILES string of the molecule is CC(C)n1ncnc1CC(O)CSc1cccc(Br)c1. The van der Waals surface area contributed by atoms with E-state index in [1.807, 2.05) is 28.9 Å².